The topological polar surface area (TPSA) is 42.2 Å². The molecule has 0 atom stereocenters. The molecule has 4 heteroatoms. The number of hydrogen-bond donors (Lipinski definition) is 1. The SMILES string of the molecule is Cc1ccc2c(-c3ccc(F)c(C)c3)c(C(C)C)n(CCCO)c(=O)c2c1. The molecule has 0 saturated carbocycles. The second-order valence-electron chi connectivity index (χ2n) is 7.46. The van der Waals surface area contributed by atoms with Crippen LogP contribution >= 0.6 is 0 Å². The van der Waals surface area contributed by atoms with Crippen LogP contribution in [0.4, 0.5) is 4.39 Å². The lowest BCUT2D eigenvalue weighted by atomic mass is 9.90. The number of pyridine rings is 1. The summed E-state index contributed by atoms with van der Waals surface area (Å²) < 4.78 is 15.7. The third kappa shape index (κ3) is 3.54. The lowest BCUT2D eigenvalue weighted by Gasteiger charge is -2.23. The molecule has 1 aromatic heterocycles. The van der Waals surface area contributed by atoms with Crippen LogP contribution < -0.4 is 5.56 Å². The molecule has 3 rings (SSSR count). The Morgan fingerprint density at radius 1 is 1.07 bits per heavy atom. The molecule has 1 heterocycles. The minimum Gasteiger partial charge on any atom is -0.396 e. The van der Waals surface area contributed by atoms with Gasteiger partial charge >= 0.3 is 0 Å². The number of halogens is 1. The van der Waals surface area contributed by atoms with Gasteiger partial charge in [0.25, 0.3) is 5.56 Å². The molecule has 0 radical (unpaired) electrons. The van der Waals surface area contributed by atoms with Crippen LogP contribution in [0.25, 0.3) is 21.9 Å². The standard InChI is InChI=1S/C23H26FNO2/c1-14(2)22-21(17-7-9-20(24)16(4)13-17)18-8-6-15(3)12-19(18)23(27)25(22)10-5-11-26/h6-9,12-14,26H,5,10-11H2,1-4H3. The molecule has 27 heavy (non-hydrogen) atoms. The molecule has 2 aromatic carbocycles. The Balaban J connectivity index is 2.48. The van der Waals surface area contributed by atoms with Crippen LogP contribution in [0.1, 0.15) is 43.0 Å². The van der Waals surface area contributed by atoms with Crippen molar-refractivity contribution in [1.29, 1.82) is 0 Å². The van der Waals surface area contributed by atoms with E-state index in [1.54, 1.807) is 17.6 Å². The second kappa shape index (κ2) is 7.65. The van der Waals surface area contributed by atoms with Crippen LogP contribution in [0.2, 0.25) is 0 Å². The van der Waals surface area contributed by atoms with E-state index in [2.05, 4.69) is 13.8 Å². The van der Waals surface area contributed by atoms with Crippen LogP contribution in [-0.2, 0) is 6.54 Å². The van der Waals surface area contributed by atoms with E-state index in [4.69, 9.17) is 0 Å². The van der Waals surface area contributed by atoms with Crippen molar-refractivity contribution in [2.24, 2.45) is 0 Å². The van der Waals surface area contributed by atoms with E-state index in [9.17, 15) is 14.3 Å². The van der Waals surface area contributed by atoms with Crippen molar-refractivity contribution in [2.75, 3.05) is 6.61 Å². The van der Waals surface area contributed by atoms with Crippen molar-refractivity contribution in [3.63, 3.8) is 0 Å². The molecule has 3 nitrogen and oxygen atoms in total. The third-order valence-corrected chi connectivity index (χ3v) is 5.00. The van der Waals surface area contributed by atoms with Crippen molar-refractivity contribution in [3.05, 3.63) is 69.4 Å². The maximum Gasteiger partial charge on any atom is 0.258 e. The highest BCUT2D eigenvalue weighted by Crippen LogP contribution is 2.35. The quantitative estimate of drug-likeness (QED) is 0.695. The highest BCUT2D eigenvalue weighted by Gasteiger charge is 2.20. The number of hydrogen-bond acceptors (Lipinski definition) is 2. The number of aryl methyl sites for hydroxylation is 2. The van der Waals surface area contributed by atoms with E-state index in [0.717, 1.165) is 27.8 Å². The van der Waals surface area contributed by atoms with Gasteiger partial charge in [-0.1, -0.05) is 37.6 Å². The molecular weight excluding hydrogens is 341 g/mol. The molecule has 0 bridgehead atoms. The summed E-state index contributed by atoms with van der Waals surface area (Å²) in [5.41, 5.74) is 4.37. The Morgan fingerprint density at radius 3 is 2.44 bits per heavy atom. The number of fused-ring (bicyclic) bond motifs is 1. The molecule has 142 valence electrons. The fraction of sp³-hybridized carbons (Fsp3) is 0.348. The van der Waals surface area contributed by atoms with E-state index >= 15 is 0 Å². The lowest BCUT2D eigenvalue weighted by Crippen LogP contribution is -2.26. The zero-order chi connectivity index (χ0) is 19.7. The molecule has 0 saturated heterocycles. The summed E-state index contributed by atoms with van der Waals surface area (Å²) in [6.07, 6.45) is 0.513. The molecule has 0 unspecified atom stereocenters. The molecule has 0 aliphatic carbocycles. The van der Waals surface area contributed by atoms with Gasteiger partial charge in [0.1, 0.15) is 5.82 Å². The number of aliphatic hydroxyl groups is 1. The summed E-state index contributed by atoms with van der Waals surface area (Å²) in [5, 5.41) is 10.9. The van der Waals surface area contributed by atoms with Crippen LogP contribution in [0, 0.1) is 19.7 Å². The molecule has 1 N–H and O–H groups in total. The largest absolute Gasteiger partial charge is 0.396 e. The number of rotatable bonds is 5. The van der Waals surface area contributed by atoms with Crippen LogP contribution in [-0.4, -0.2) is 16.3 Å². The zero-order valence-electron chi connectivity index (χ0n) is 16.3. The first kappa shape index (κ1) is 19.3. The normalized spacial score (nSPS) is 11.5. The van der Waals surface area contributed by atoms with Gasteiger partial charge in [0.05, 0.1) is 0 Å². The van der Waals surface area contributed by atoms with Gasteiger partial charge in [-0.15, -0.1) is 0 Å². The molecule has 0 aliphatic rings. The fourth-order valence-electron chi connectivity index (χ4n) is 3.74. The van der Waals surface area contributed by atoms with Crippen LogP contribution in [0.15, 0.2) is 41.2 Å². The first-order valence-corrected chi connectivity index (χ1v) is 9.39. The molecular formula is C23H26FNO2. The highest BCUT2D eigenvalue weighted by atomic mass is 19.1. The van der Waals surface area contributed by atoms with Crippen LogP contribution in [0.5, 0.6) is 0 Å². The maximum atomic E-state index is 13.9. The first-order chi connectivity index (χ1) is 12.8. The Kier molecular flexibility index (Phi) is 5.47. The van der Waals surface area contributed by atoms with Gasteiger partial charge in [0.15, 0.2) is 0 Å². The molecule has 0 fully saturated rings. The summed E-state index contributed by atoms with van der Waals surface area (Å²) in [6, 6.07) is 11.0. The van der Waals surface area contributed by atoms with Gasteiger partial charge in [0.2, 0.25) is 0 Å². The van der Waals surface area contributed by atoms with Gasteiger partial charge in [-0.3, -0.25) is 4.79 Å². The number of aromatic nitrogens is 1. The summed E-state index contributed by atoms with van der Waals surface area (Å²) >= 11 is 0. The molecule has 3 aromatic rings. The minimum atomic E-state index is -0.237. The van der Waals surface area contributed by atoms with Gasteiger partial charge < -0.3 is 9.67 Å². The van der Waals surface area contributed by atoms with Gasteiger partial charge in [-0.25, -0.2) is 4.39 Å². The van der Waals surface area contributed by atoms with Crippen molar-refractivity contribution in [1.82, 2.24) is 4.57 Å². The van der Waals surface area contributed by atoms with Crippen LogP contribution in [0.3, 0.4) is 0 Å². The summed E-state index contributed by atoms with van der Waals surface area (Å²) in [6.45, 7) is 8.33. The van der Waals surface area contributed by atoms with E-state index < -0.39 is 0 Å². The van der Waals surface area contributed by atoms with E-state index in [0.29, 0.717) is 23.9 Å². The number of aliphatic hydroxyl groups excluding tert-OH is 1. The van der Waals surface area contributed by atoms with E-state index in [1.165, 1.54) is 6.07 Å². The highest BCUT2D eigenvalue weighted by molar-refractivity contribution is 5.98. The smallest absolute Gasteiger partial charge is 0.258 e. The Hall–Kier alpha value is -2.46. The average molecular weight is 367 g/mol. The number of nitrogens with zero attached hydrogens (tertiary/aromatic N) is 1. The molecule has 0 aliphatic heterocycles. The van der Waals surface area contributed by atoms with Crippen molar-refractivity contribution in [3.8, 4) is 11.1 Å². The Bertz CT molecular complexity index is 1050. The van der Waals surface area contributed by atoms with Gasteiger partial charge in [-0.2, -0.15) is 0 Å². The third-order valence-electron chi connectivity index (χ3n) is 5.00. The monoisotopic (exact) mass is 367 g/mol. The lowest BCUT2D eigenvalue weighted by molar-refractivity contribution is 0.278. The van der Waals surface area contributed by atoms with Gasteiger partial charge in [0, 0.05) is 29.8 Å². The van der Waals surface area contributed by atoms with Gasteiger partial charge in [-0.05, 0) is 60.9 Å². The predicted molar refractivity (Wildman–Crippen MR) is 109 cm³/mol. The fourth-order valence-corrected chi connectivity index (χ4v) is 3.74. The van der Waals surface area contributed by atoms with E-state index in [1.807, 2.05) is 31.2 Å². The average Bonchev–Trinajstić information content (AvgIpc) is 2.63. The predicted octanol–water partition coefficient (Wildman–Crippen LogP) is 4.93. The Labute approximate surface area is 159 Å². The zero-order valence-corrected chi connectivity index (χ0v) is 16.3. The number of benzene rings is 2. The summed E-state index contributed by atoms with van der Waals surface area (Å²) in [7, 11) is 0. The van der Waals surface area contributed by atoms with Crippen molar-refractivity contribution >= 4 is 10.8 Å². The summed E-state index contributed by atoms with van der Waals surface area (Å²) in [5.74, 6) is -0.138. The minimum absolute atomic E-state index is 0.0286. The maximum absolute atomic E-state index is 13.9. The molecule has 0 amide bonds. The van der Waals surface area contributed by atoms with Crippen molar-refractivity contribution < 1.29 is 9.50 Å². The van der Waals surface area contributed by atoms with Crippen molar-refractivity contribution in [2.45, 2.75) is 46.6 Å². The Morgan fingerprint density at radius 2 is 1.81 bits per heavy atom. The summed E-state index contributed by atoms with van der Waals surface area (Å²) in [4.78, 5) is 13.2. The first-order valence-electron chi connectivity index (χ1n) is 9.39. The van der Waals surface area contributed by atoms with E-state index in [-0.39, 0.29) is 23.9 Å². The molecule has 0 spiro atoms. The second-order valence-corrected chi connectivity index (χ2v) is 7.46.